The van der Waals surface area contributed by atoms with Crippen LogP contribution in [-0.4, -0.2) is 26.1 Å². The highest BCUT2D eigenvalue weighted by atomic mass is 16.5. The Morgan fingerprint density at radius 3 is 2.72 bits per heavy atom. The molecule has 0 aliphatic carbocycles. The van der Waals surface area contributed by atoms with E-state index in [1.54, 1.807) is 7.11 Å². The Morgan fingerprint density at radius 1 is 1.39 bits per heavy atom. The average Bonchev–Trinajstić information content (AvgIpc) is 2.92. The third-order valence-corrected chi connectivity index (χ3v) is 3.25. The maximum absolute atomic E-state index is 11.5. The van der Waals surface area contributed by atoms with Gasteiger partial charge in [0.05, 0.1) is 12.8 Å². The van der Waals surface area contributed by atoms with Gasteiger partial charge >= 0.3 is 0 Å². The Morgan fingerprint density at radius 2 is 2.11 bits per heavy atom. The fourth-order valence-corrected chi connectivity index (χ4v) is 2.20. The van der Waals surface area contributed by atoms with Crippen molar-refractivity contribution in [1.82, 2.24) is 0 Å². The van der Waals surface area contributed by atoms with E-state index in [0.29, 0.717) is 12.2 Å². The molecule has 1 fully saturated rings. The molecule has 1 amide bonds. The number of rotatable bonds is 4. The average molecular weight is 248 g/mol. The van der Waals surface area contributed by atoms with Crippen LogP contribution in [0.25, 0.3) is 0 Å². The fourth-order valence-electron chi connectivity index (χ4n) is 2.20. The van der Waals surface area contributed by atoms with Gasteiger partial charge in [-0.15, -0.1) is 0 Å². The van der Waals surface area contributed by atoms with Crippen molar-refractivity contribution < 1.29 is 9.53 Å². The van der Waals surface area contributed by atoms with Gasteiger partial charge in [-0.05, 0) is 31.0 Å². The van der Waals surface area contributed by atoms with E-state index >= 15 is 0 Å². The van der Waals surface area contributed by atoms with Gasteiger partial charge in [0.2, 0.25) is 5.91 Å². The third-order valence-electron chi connectivity index (χ3n) is 3.25. The van der Waals surface area contributed by atoms with Gasteiger partial charge in [-0.25, -0.2) is 0 Å². The molecule has 0 aromatic heterocycles. The van der Waals surface area contributed by atoms with Gasteiger partial charge in [-0.3, -0.25) is 4.79 Å². The molecule has 0 spiro atoms. The quantitative estimate of drug-likeness (QED) is 0.890. The lowest BCUT2D eigenvalue weighted by Crippen LogP contribution is -2.18. The summed E-state index contributed by atoms with van der Waals surface area (Å²) >= 11 is 0. The second-order valence-corrected chi connectivity index (χ2v) is 4.48. The minimum Gasteiger partial charge on any atom is -0.495 e. The number of amides is 1. The van der Waals surface area contributed by atoms with Crippen molar-refractivity contribution in [3.63, 3.8) is 0 Å². The molecular formula is C14H20N2O2. The molecule has 0 bridgehead atoms. The monoisotopic (exact) mass is 248 g/mol. The molecule has 1 saturated heterocycles. The first-order valence-corrected chi connectivity index (χ1v) is 6.47. The van der Waals surface area contributed by atoms with E-state index in [1.807, 2.05) is 25.1 Å². The van der Waals surface area contributed by atoms with E-state index in [2.05, 4.69) is 10.2 Å². The maximum atomic E-state index is 11.5. The molecular weight excluding hydrogens is 228 g/mol. The smallest absolute Gasteiger partial charge is 0.224 e. The highest BCUT2D eigenvalue weighted by molar-refractivity contribution is 5.92. The minimum absolute atomic E-state index is 0.00636. The van der Waals surface area contributed by atoms with Gasteiger partial charge in [0.15, 0.2) is 0 Å². The van der Waals surface area contributed by atoms with Crippen LogP contribution in [0, 0.1) is 0 Å². The SMILES string of the molecule is CCC(=O)Nc1cc(N2CCCC2)ccc1OC. The number of benzene rings is 1. The number of carbonyl (C=O) groups excluding carboxylic acids is 1. The van der Waals surface area contributed by atoms with Crippen LogP contribution in [0.1, 0.15) is 26.2 Å². The van der Waals surface area contributed by atoms with Crippen LogP contribution in [0.2, 0.25) is 0 Å². The van der Waals surface area contributed by atoms with E-state index in [9.17, 15) is 4.79 Å². The normalized spacial score (nSPS) is 14.7. The standard InChI is InChI=1S/C14H20N2O2/c1-3-14(17)15-12-10-11(6-7-13(12)18-2)16-8-4-5-9-16/h6-7,10H,3-5,8-9H2,1-2H3,(H,15,17). The Hall–Kier alpha value is -1.71. The molecule has 1 aliphatic heterocycles. The van der Waals surface area contributed by atoms with Crippen molar-refractivity contribution in [2.45, 2.75) is 26.2 Å². The van der Waals surface area contributed by atoms with Crippen LogP contribution in [0.3, 0.4) is 0 Å². The van der Waals surface area contributed by atoms with E-state index in [0.717, 1.165) is 24.5 Å². The van der Waals surface area contributed by atoms with Crippen molar-refractivity contribution in [2.75, 3.05) is 30.4 Å². The van der Waals surface area contributed by atoms with Crippen molar-refractivity contribution in [2.24, 2.45) is 0 Å². The summed E-state index contributed by atoms with van der Waals surface area (Å²) in [6.07, 6.45) is 2.95. The van der Waals surface area contributed by atoms with E-state index < -0.39 is 0 Å². The summed E-state index contributed by atoms with van der Waals surface area (Å²) in [5.41, 5.74) is 1.91. The predicted molar refractivity (Wildman–Crippen MR) is 73.4 cm³/mol. The van der Waals surface area contributed by atoms with Gasteiger partial charge < -0.3 is 15.0 Å². The molecule has 0 saturated carbocycles. The molecule has 1 aromatic rings. The van der Waals surface area contributed by atoms with Crippen molar-refractivity contribution >= 4 is 17.3 Å². The molecule has 0 radical (unpaired) electrons. The Kier molecular flexibility index (Phi) is 4.07. The maximum Gasteiger partial charge on any atom is 0.224 e. The van der Waals surface area contributed by atoms with Crippen LogP contribution in [0.4, 0.5) is 11.4 Å². The Balaban J connectivity index is 2.23. The number of ether oxygens (including phenoxy) is 1. The second kappa shape index (κ2) is 5.76. The largest absolute Gasteiger partial charge is 0.495 e. The fraction of sp³-hybridized carbons (Fsp3) is 0.500. The van der Waals surface area contributed by atoms with Crippen molar-refractivity contribution in [1.29, 1.82) is 0 Å². The summed E-state index contributed by atoms with van der Waals surface area (Å²) in [5.74, 6) is 0.714. The van der Waals surface area contributed by atoms with E-state index in [-0.39, 0.29) is 5.91 Å². The zero-order chi connectivity index (χ0) is 13.0. The molecule has 0 unspecified atom stereocenters. The second-order valence-electron chi connectivity index (χ2n) is 4.48. The van der Waals surface area contributed by atoms with Gasteiger partial charge in [-0.1, -0.05) is 6.92 Å². The topological polar surface area (TPSA) is 41.6 Å². The third kappa shape index (κ3) is 2.75. The van der Waals surface area contributed by atoms with Gasteiger partial charge in [-0.2, -0.15) is 0 Å². The van der Waals surface area contributed by atoms with Gasteiger partial charge in [0, 0.05) is 25.2 Å². The highest BCUT2D eigenvalue weighted by Gasteiger charge is 2.15. The molecule has 1 aromatic carbocycles. The zero-order valence-corrected chi connectivity index (χ0v) is 11.0. The van der Waals surface area contributed by atoms with Crippen molar-refractivity contribution in [3.8, 4) is 5.75 Å². The molecule has 4 nitrogen and oxygen atoms in total. The molecule has 18 heavy (non-hydrogen) atoms. The number of methoxy groups -OCH3 is 1. The summed E-state index contributed by atoms with van der Waals surface area (Å²) in [5, 5.41) is 2.88. The van der Waals surface area contributed by atoms with Crippen molar-refractivity contribution in [3.05, 3.63) is 18.2 Å². The predicted octanol–water partition coefficient (Wildman–Crippen LogP) is 2.64. The van der Waals surface area contributed by atoms with Gasteiger partial charge in [0.1, 0.15) is 5.75 Å². The number of nitrogens with one attached hydrogen (secondary N) is 1. The molecule has 98 valence electrons. The Bertz CT molecular complexity index is 426. The van der Waals surface area contributed by atoms with Crippen LogP contribution >= 0.6 is 0 Å². The molecule has 0 atom stereocenters. The number of hydrogen-bond acceptors (Lipinski definition) is 3. The van der Waals surface area contributed by atoms with E-state index in [4.69, 9.17) is 4.74 Å². The summed E-state index contributed by atoms with van der Waals surface area (Å²) in [6.45, 7) is 4.02. The highest BCUT2D eigenvalue weighted by Crippen LogP contribution is 2.31. The first-order chi connectivity index (χ1) is 8.74. The lowest BCUT2D eigenvalue weighted by molar-refractivity contribution is -0.115. The first-order valence-electron chi connectivity index (χ1n) is 6.47. The lowest BCUT2D eigenvalue weighted by atomic mass is 10.2. The summed E-state index contributed by atoms with van der Waals surface area (Å²) < 4.78 is 5.28. The first kappa shape index (κ1) is 12.7. The lowest BCUT2D eigenvalue weighted by Gasteiger charge is -2.19. The zero-order valence-electron chi connectivity index (χ0n) is 11.0. The van der Waals surface area contributed by atoms with Crippen LogP contribution in [0.15, 0.2) is 18.2 Å². The Labute approximate surface area is 108 Å². The molecule has 2 rings (SSSR count). The molecule has 1 aliphatic rings. The summed E-state index contributed by atoms with van der Waals surface area (Å²) in [6, 6.07) is 5.96. The molecule has 1 N–H and O–H groups in total. The summed E-state index contributed by atoms with van der Waals surface area (Å²) in [4.78, 5) is 13.8. The van der Waals surface area contributed by atoms with Crippen LogP contribution in [0.5, 0.6) is 5.75 Å². The van der Waals surface area contributed by atoms with E-state index in [1.165, 1.54) is 12.8 Å². The van der Waals surface area contributed by atoms with Gasteiger partial charge in [0.25, 0.3) is 0 Å². The number of anilines is 2. The van der Waals surface area contributed by atoms with Crippen LogP contribution in [-0.2, 0) is 4.79 Å². The number of hydrogen-bond donors (Lipinski definition) is 1. The summed E-state index contributed by atoms with van der Waals surface area (Å²) in [7, 11) is 1.62. The number of carbonyl (C=O) groups is 1. The minimum atomic E-state index is 0.00636. The number of nitrogens with zero attached hydrogens (tertiary/aromatic N) is 1. The molecule has 1 heterocycles. The molecule has 4 heteroatoms. The van der Waals surface area contributed by atoms with Crippen LogP contribution < -0.4 is 15.0 Å².